The van der Waals surface area contributed by atoms with Gasteiger partial charge in [0.05, 0.1) is 31.0 Å². The molecule has 1 fully saturated rings. The number of benzene rings is 1. The highest BCUT2D eigenvalue weighted by molar-refractivity contribution is 5.57. The summed E-state index contributed by atoms with van der Waals surface area (Å²) in [6.07, 6.45) is 0. The quantitative estimate of drug-likeness (QED) is 0.768. The van der Waals surface area contributed by atoms with Gasteiger partial charge in [-0.1, -0.05) is 0 Å². The van der Waals surface area contributed by atoms with Crippen LogP contribution in [-0.2, 0) is 4.74 Å². The highest BCUT2D eigenvalue weighted by Gasteiger charge is 2.10. The molecular weight excluding hydrogens is 226 g/mol. The number of hydrogen-bond acceptors (Lipinski definition) is 4. The Morgan fingerprint density at radius 1 is 1.17 bits per heavy atom. The van der Waals surface area contributed by atoms with E-state index >= 15 is 0 Å². The van der Waals surface area contributed by atoms with Gasteiger partial charge in [-0.2, -0.15) is 4.99 Å². The maximum absolute atomic E-state index is 5.34. The van der Waals surface area contributed by atoms with E-state index in [1.807, 2.05) is 26.0 Å². The number of morpholine rings is 1. The van der Waals surface area contributed by atoms with E-state index in [-0.39, 0.29) is 6.04 Å². The number of nitrogens with zero attached hydrogens (tertiary/aromatic N) is 3. The molecule has 18 heavy (non-hydrogen) atoms. The third-order valence-corrected chi connectivity index (χ3v) is 2.72. The fourth-order valence-electron chi connectivity index (χ4n) is 1.76. The second-order valence-electron chi connectivity index (χ2n) is 4.55. The average molecular weight is 245 g/mol. The van der Waals surface area contributed by atoms with Crippen LogP contribution in [0, 0.1) is 0 Å². The normalized spacial score (nSPS) is 15.4. The fourth-order valence-corrected chi connectivity index (χ4v) is 1.76. The molecular formula is C14H19N3O. The molecule has 0 unspecified atom stereocenters. The Hall–Kier alpha value is -1.64. The zero-order valence-corrected chi connectivity index (χ0v) is 11.0. The van der Waals surface area contributed by atoms with Crippen LogP contribution in [0.4, 0.5) is 11.4 Å². The van der Waals surface area contributed by atoms with Gasteiger partial charge in [0.15, 0.2) is 0 Å². The molecule has 1 aromatic carbocycles. The smallest absolute Gasteiger partial charge is 0.0951 e. The third kappa shape index (κ3) is 3.69. The maximum Gasteiger partial charge on any atom is 0.0951 e. The first kappa shape index (κ1) is 12.8. The van der Waals surface area contributed by atoms with Crippen LogP contribution in [0.5, 0.6) is 0 Å². The van der Waals surface area contributed by atoms with E-state index in [2.05, 4.69) is 33.0 Å². The lowest BCUT2D eigenvalue weighted by Crippen LogP contribution is -2.36. The maximum atomic E-state index is 5.34. The van der Waals surface area contributed by atoms with Crippen molar-refractivity contribution in [3.8, 4) is 0 Å². The van der Waals surface area contributed by atoms with Gasteiger partial charge in [0, 0.05) is 18.8 Å². The van der Waals surface area contributed by atoms with Gasteiger partial charge >= 0.3 is 0 Å². The van der Waals surface area contributed by atoms with Gasteiger partial charge in [-0.25, -0.2) is 4.99 Å². The summed E-state index contributed by atoms with van der Waals surface area (Å²) in [4.78, 5) is 10.6. The molecule has 0 N–H and O–H groups in total. The van der Waals surface area contributed by atoms with Crippen molar-refractivity contribution in [1.29, 1.82) is 0 Å². The van der Waals surface area contributed by atoms with Crippen molar-refractivity contribution in [2.24, 2.45) is 9.98 Å². The predicted molar refractivity (Wildman–Crippen MR) is 74.1 cm³/mol. The first-order chi connectivity index (χ1) is 8.75. The van der Waals surface area contributed by atoms with Crippen molar-refractivity contribution >= 4 is 17.4 Å². The van der Waals surface area contributed by atoms with Crippen LogP contribution < -0.4 is 4.90 Å². The Morgan fingerprint density at radius 3 is 2.44 bits per heavy atom. The van der Waals surface area contributed by atoms with Crippen LogP contribution in [-0.4, -0.2) is 38.4 Å². The van der Waals surface area contributed by atoms with E-state index in [0.717, 1.165) is 32.0 Å². The molecule has 4 nitrogen and oxygen atoms in total. The Morgan fingerprint density at radius 2 is 1.83 bits per heavy atom. The molecule has 0 atom stereocenters. The monoisotopic (exact) mass is 245 g/mol. The molecule has 0 bridgehead atoms. The molecule has 0 amide bonds. The molecule has 2 rings (SSSR count). The Labute approximate surface area is 108 Å². The minimum absolute atomic E-state index is 0.237. The Kier molecular flexibility index (Phi) is 4.51. The standard InChI is InChI=1S/C14H19N3O/c1-12(2)15-11-16-13-3-5-14(6-4-13)17-7-9-18-10-8-17/h3-6,12H,7-10H2,1-2H3. The minimum Gasteiger partial charge on any atom is -0.378 e. The van der Waals surface area contributed by atoms with Crippen LogP contribution in [0.2, 0.25) is 0 Å². The van der Waals surface area contributed by atoms with Gasteiger partial charge in [-0.15, -0.1) is 0 Å². The molecule has 1 aliphatic rings. The van der Waals surface area contributed by atoms with Crippen LogP contribution in [0.15, 0.2) is 34.3 Å². The van der Waals surface area contributed by atoms with E-state index in [9.17, 15) is 0 Å². The molecule has 4 heteroatoms. The average Bonchev–Trinajstić information content (AvgIpc) is 2.40. The van der Waals surface area contributed by atoms with Gasteiger partial charge in [-0.3, -0.25) is 0 Å². The summed E-state index contributed by atoms with van der Waals surface area (Å²) in [6, 6.07) is 11.1. The third-order valence-electron chi connectivity index (χ3n) is 2.72. The van der Waals surface area contributed by atoms with Crippen molar-refractivity contribution < 1.29 is 4.74 Å². The summed E-state index contributed by atoms with van der Waals surface area (Å²) in [5.41, 5.74) is 2.11. The van der Waals surface area contributed by atoms with Crippen molar-refractivity contribution in [3.63, 3.8) is 0 Å². The van der Waals surface area contributed by atoms with Crippen LogP contribution >= 0.6 is 0 Å². The first-order valence-electron chi connectivity index (χ1n) is 6.34. The van der Waals surface area contributed by atoms with E-state index in [0.29, 0.717) is 0 Å². The molecule has 0 saturated carbocycles. The van der Waals surface area contributed by atoms with Gasteiger partial charge in [0.2, 0.25) is 0 Å². The number of anilines is 1. The summed E-state index contributed by atoms with van der Waals surface area (Å²) in [5.74, 6) is 0. The van der Waals surface area contributed by atoms with E-state index in [1.165, 1.54) is 5.69 Å². The molecule has 0 radical (unpaired) electrons. The molecule has 1 aromatic rings. The fraction of sp³-hybridized carbons (Fsp3) is 0.500. The lowest BCUT2D eigenvalue weighted by molar-refractivity contribution is 0.122. The topological polar surface area (TPSA) is 37.2 Å². The molecule has 0 spiro atoms. The largest absolute Gasteiger partial charge is 0.378 e. The van der Waals surface area contributed by atoms with Gasteiger partial charge in [0.1, 0.15) is 0 Å². The zero-order valence-electron chi connectivity index (χ0n) is 11.0. The summed E-state index contributed by atoms with van der Waals surface area (Å²) in [7, 11) is 0. The number of rotatable bonds is 3. The lowest BCUT2D eigenvalue weighted by atomic mass is 10.2. The summed E-state index contributed by atoms with van der Waals surface area (Å²) < 4.78 is 5.34. The van der Waals surface area contributed by atoms with E-state index in [1.54, 1.807) is 0 Å². The zero-order chi connectivity index (χ0) is 12.8. The molecule has 0 aliphatic carbocycles. The van der Waals surface area contributed by atoms with Gasteiger partial charge in [0.25, 0.3) is 0 Å². The first-order valence-corrected chi connectivity index (χ1v) is 6.34. The predicted octanol–water partition coefficient (Wildman–Crippen LogP) is 2.74. The molecule has 96 valence electrons. The SMILES string of the molecule is CC(C)N=C=Nc1ccc(N2CCOCC2)cc1. The van der Waals surface area contributed by atoms with Crippen LogP contribution in [0.1, 0.15) is 13.8 Å². The van der Waals surface area contributed by atoms with Crippen molar-refractivity contribution in [1.82, 2.24) is 0 Å². The summed E-state index contributed by atoms with van der Waals surface area (Å²) in [5, 5.41) is 0. The van der Waals surface area contributed by atoms with Crippen molar-refractivity contribution in [2.75, 3.05) is 31.2 Å². The second kappa shape index (κ2) is 6.34. The van der Waals surface area contributed by atoms with Crippen LogP contribution in [0.25, 0.3) is 0 Å². The minimum atomic E-state index is 0.237. The van der Waals surface area contributed by atoms with Crippen LogP contribution in [0.3, 0.4) is 0 Å². The Bertz CT molecular complexity index is 427. The Balaban J connectivity index is 2.03. The van der Waals surface area contributed by atoms with Crippen molar-refractivity contribution in [2.45, 2.75) is 19.9 Å². The second-order valence-corrected chi connectivity index (χ2v) is 4.55. The lowest BCUT2D eigenvalue weighted by Gasteiger charge is -2.28. The van der Waals surface area contributed by atoms with Crippen molar-refractivity contribution in [3.05, 3.63) is 24.3 Å². The number of aliphatic imine (C=N–C) groups is 2. The number of ether oxygens (including phenoxy) is 1. The number of hydrogen-bond donors (Lipinski definition) is 0. The summed E-state index contributed by atoms with van der Waals surface area (Å²) >= 11 is 0. The van der Waals surface area contributed by atoms with Gasteiger partial charge < -0.3 is 9.64 Å². The highest BCUT2D eigenvalue weighted by atomic mass is 16.5. The summed E-state index contributed by atoms with van der Waals surface area (Å²) in [6.45, 7) is 7.53. The highest BCUT2D eigenvalue weighted by Crippen LogP contribution is 2.20. The molecule has 0 aromatic heterocycles. The van der Waals surface area contributed by atoms with Gasteiger partial charge in [-0.05, 0) is 38.1 Å². The van der Waals surface area contributed by atoms with E-state index < -0.39 is 0 Å². The molecule has 1 saturated heterocycles. The van der Waals surface area contributed by atoms with E-state index in [4.69, 9.17) is 4.74 Å². The molecule has 1 heterocycles. The molecule has 1 aliphatic heterocycles.